The number of anilines is 3. The quantitative estimate of drug-likeness (QED) is 0.507. The van der Waals surface area contributed by atoms with Crippen molar-refractivity contribution < 1.29 is 4.74 Å². The second-order valence-corrected chi connectivity index (χ2v) is 4.51. The molecule has 0 amide bonds. The molecule has 0 aliphatic heterocycles. The number of ether oxygens (including phenoxy) is 1. The molecule has 3 N–H and O–H groups in total. The van der Waals surface area contributed by atoms with Gasteiger partial charge in [0.2, 0.25) is 17.8 Å². The Bertz CT molecular complexity index is 619. The molecule has 23 heavy (non-hydrogen) atoms. The molecule has 1 aromatic carbocycles. The molecular weight excluding hydrogens is 294 g/mol. The van der Waals surface area contributed by atoms with Gasteiger partial charge in [-0.1, -0.05) is 0 Å². The Balaban J connectivity index is 2.06. The molecule has 0 saturated carbocycles. The van der Waals surface area contributed by atoms with Crippen LogP contribution in [0.1, 0.15) is 19.4 Å². The Morgan fingerprint density at radius 3 is 2.04 bits per heavy atom. The SMILES string of the molecule is CCNc1nc(NCC)nc(NN=Cc2ccc(OC)cc2)n1. The van der Waals surface area contributed by atoms with Crippen LogP contribution in [0.4, 0.5) is 17.8 Å². The molecule has 0 bridgehead atoms. The fourth-order valence-corrected chi connectivity index (χ4v) is 1.75. The fraction of sp³-hybridized carbons (Fsp3) is 0.333. The summed E-state index contributed by atoms with van der Waals surface area (Å²) in [6.07, 6.45) is 1.68. The summed E-state index contributed by atoms with van der Waals surface area (Å²) in [5.74, 6) is 2.18. The van der Waals surface area contributed by atoms with Crippen LogP contribution in [0.15, 0.2) is 29.4 Å². The highest BCUT2D eigenvalue weighted by Crippen LogP contribution is 2.11. The molecule has 0 aliphatic carbocycles. The van der Waals surface area contributed by atoms with Gasteiger partial charge in [0, 0.05) is 13.1 Å². The van der Waals surface area contributed by atoms with E-state index in [2.05, 4.69) is 36.1 Å². The number of aromatic nitrogens is 3. The Morgan fingerprint density at radius 2 is 1.52 bits per heavy atom. The van der Waals surface area contributed by atoms with Gasteiger partial charge in [-0.05, 0) is 43.7 Å². The minimum atomic E-state index is 0.372. The van der Waals surface area contributed by atoms with E-state index in [1.54, 1.807) is 13.3 Å². The van der Waals surface area contributed by atoms with Crippen LogP contribution >= 0.6 is 0 Å². The molecule has 0 spiro atoms. The standard InChI is InChI=1S/C15H21N7O/c1-4-16-13-19-14(17-5-2)21-15(20-13)22-18-10-11-6-8-12(23-3)9-7-11/h6-10H,4-5H2,1-3H3,(H3,16,17,19,20,21,22). The summed E-state index contributed by atoms with van der Waals surface area (Å²) in [7, 11) is 1.63. The molecule has 2 rings (SSSR count). The summed E-state index contributed by atoms with van der Waals surface area (Å²) in [4.78, 5) is 12.7. The predicted octanol–water partition coefficient (Wildman–Crippen LogP) is 2.19. The molecule has 0 atom stereocenters. The fourth-order valence-electron chi connectivity index (χ4n) is 1.75. The first-order valence-electron chi connectivity index (χ1n) is 7.42. The maximum Gasteiger partial charge on any atom is 0.250 e. The third-order valence-electron chi connectivity index (χ3n) is 2.80. The summed E-state index contributed by atoms with van der Waals surface area (Å²) in [5, 5.41) is 10.3. The topological polar surface area (TPSA) is 96.4 Å². The lowest BCUT2D eigenvalue weighted by Gasteiger charge is -2.07. The van der Waals surface area contributed by atoms with Crippen molar-refractivity contribution in [3.63, 3.8) is 0 Å². The summed E-state index contributed by atoms with van der Waals surface area (Å²) in [6, 6.07) is 7.56. The van der Waals surface area contributed by atoms with Crippen molar-refractivity contribution in [2.75, 3.05) is 36.3 Å². The van der Waals surface area contributed by atoms with Gasteiger partial charge in [-0.15, -0.1) is 0 Å². The smallest absolute Gasteiger partial charge is 0.250 e. The normalized spacial score (nSPS) is 10.6. The average Bonchev–Trinajstić information content (AvgIpc) is 2.56. The van der Waals surface area contributed by atoms with Crippen molar-refractivity contribution >= 4 is 24.1 Å². The molecule has 1 heterocycles. The van der Waals surface area contributed by atoms with E-state index in [0.717, 1.165) is 24.4 Å². The highest BCUT2D eigenvalue weighted by Gasteiger charge is 2.04. The van der Waals surface area contributed by atoms with Crippen molar-refractivity contribution in [1.29, 1.82) is 0 Å². The lowest BCUT2D eigenvalue weighted by Crippen LogP contribution is -2.10. The van der Waals surface area contributed by atoms with E-state index in [1.165, 1.54) is 0 Å². The molecule has 8 nitrogen and oxygen atoms in total. The first kappa shape index (κ1) is 16.5. The number of nitrogens with one attached hydrogen (secondary N) is 3. The van der Waals surface area contributed by atoms with E-state index in [4.69, 9.17) is 4.74 Å². The number of nitrogens with zero attached hydrogens (tertiary/aromatic N) is 4. The van der Waals surface area contributed by atoms with Gasteiger partial charge in [0.05, 0.1) is 13.3 Å². The Morgan fingerprint density at radius 1 is 0.957 bits per heavy atom. The first-order valence-corrected chi connectivity index (χ1v) is 7.42. The van der Waals surface area contributed by atoms with Crippen LogP contribution in [0.25, 0.3) is 0 Å². The van der Waals surface area contributed by atoms with Gasteiger partial charge in [-0.25, -0.2) is 5.43 Å². The van der Waals surface area contributed by atoms with Gasteiger partial charge in [0.1, 0.15) is 5.75 Å². The Labute approximate surface area is 135 Å². The second-order valence-electron chi connectivity index (χ2n) is 4.51. The first-order chi connectivity index (χ1) is 11.2. The van der Waals surface area contributed by atoms with Gasteiger partial charge >= 0.3 is 0 Å². The zero-order chi connectivity index (χ0) is 16.5. The van der Waals surface area contributed by atoms with Crippen molar-refractivity contribution in [3.8, 4) is 5.75 Å². The van der Waals surface area contributed by atoms with Crippen LogP contribution in [0.5, 0.6) is 5.75 Å². The number of hydrogen-bond donors (Lipinski definition) is 3. The zero-order valence-corrected chi connectivity index (χ0v) is 13.5. The number of rotatable bonds is 8. The van der Waals surface area contributed by atoms with Crippen molar-refractivity contribution in [2.45, 2.75) is 13.8 Å². The van der Waals surface area contributed by atoms with Crippen LogP contribution in [-0.2, 0) is 0 Å². The average molecular weight is 315 g/mol. The molecule has 122 valence electrons. The van der Waals surface area contributed by atoms with E-state index >= 15 is 0 Å². The molecule has 0 fully saturated rings. The Hall–Kier alpha value is -2.90. The summed E-state index contributed by atoms with van der Waals surface area (Å²) in [5.41, 5.74) is 3.75. The molecule has 0 saturated heterocycles. The minimum Gasteiger partial charge on any atom is -0.497 e. The molecule has 0 aliphatic rings. The summed E-state index contributed by atoms with van der Waals surface area (Å²) >= 11 is 0. The maximum absolute atomic E-state index is 5.11. The van der Waals surface area contributed by atoms with Crippen LogP contribution in [-0.4, -0.2) is 41.4 Å². The van der Waals surface area contributed by atoms with Crippen molar-refractivity contribution in [1.82, 2.24) is 15.0 Å². The molecular formula is C15H21N7O. The largest absolute Gasteiger partial charge is 0.497 e. The highest BCUT2D eigenvalue weighted by atomic mass is 16.5. The summed E-state index contributed by atoms with van der Waals surface area (Å²) in [6.45, 7) is 5.41. The van der Waals surface area contributed by atoms with Crippen LogP contribution < -0.4 is 20.8 Å². The van der Waals surface area contributed by atoms with Crippen molar-refractivity contribution in [3.05, 3.63) is 29.8 Å². The van der Waals surface area contributed by atoms with Gasteiger partial charge in [0.25, 0.3) is 0 Å². The molecule has 2 aromatic rings. The van der Waals surface area contributed by atoms with Gasteiger partial charge in [-0.3, -0.25) is 0 Å². The lowest BCUT2D eigenvalue weighted by atomic mass is 10.2. The third kappa shape index (κ3) is 5.10. The zero-order valence-electron chi connectivity index (χ0n) is 13.5. The van der Waals surface area contributed by atoms with Gasteiger partial charge in [-0.2, -0.15) is 20.1 Å². The van der Waals surface area contributed by atoms with Crippen LogP contribution in [0, 0.1) is 0 Å². The monoisotopic (exact) mass is 315 g/mol. The lowest BCUT2D eigenvalue weighted by molar-refractivity contribution is 0.415. The number of benzene rings is 1. The predicted molar refractivity (Wildman–Crippen MR) is 92.4 cm³/mol. The molecule has 1 aromatic heterocycles. The van der Waals surface area contributed by atoms with E-state index < -0.39 is 0 Å². The Kier molecular flexibility index (Phi) is 6.10. The third-order valence-corrected chi connectivity index (χ3v) is 2.80. The van der Waals surface area contributed by atoms with Gasteiger partial charge in [0.15, 0.2) is 0 Å². The van der Waals surface area contributed by atoms with E-state index in [0.29, 0.717) is 17.8 Å². The molecule has 0 unspecified atom stereocenters. The molecule has 0 radical (unpaired) electrons. The highest BCUT2D eigenvalue weighted by molar-refractivity contribution is 5.80. The van der Waals surface area contributed by atoms with Crippen LogP contribution in [0.2, 0.25) is 0 Å². The number of hydrogen-bond acceptors (Lipinski definition) is 8. The van der Waals surface area contributed by atoms with Gasteiger partial charge < -0.3 is 15.4 Å². The van der Waals surface area contributed by atoms with E-state index in [1.807, 2.05) is 38.1 Å². The van der Waals surface area contributed by atoms with Crippen LogP contribution in [0.3, 0.4) is 0 Å². The maximum atomic E-state index is 5.11. The summed E-state index contributed by atoms with van der Waals surface area (Å²) < 4.78 is 5.11. The van der Waals surface area contributed by atoms with E-state index in [9.17, 15) is 0 Å². The number of methoxy groups -OCH3 is 1. The van der Waals surface area contributed by atoms with E-state index in [-0.39, 0.29) is 0 Å². The second kappa shape index (κ2) is 8.52. The van der Waals surface area contributed by atoms with Crippen molar-refractivity contribution in [2.24, 2.45) is 5.10 Å². The molecule has 8 heteroatoms. The number of hydrazone groups is 1. The minimum absolute atomic E-state index is 0.372.